The zero-order chi connectivity index (χ0) is 37.5. The number of carbonyl (C=O) groups is 3. The summed E-state index contributed by atoms with van der Waals surface area (Å²) >= 11 is 0. The van der Waals surface area contributed by atoms with Crippen molar-refractivity contribution in [3.05, 3.63) is 0 Å². The van der Waals surface area contributed by atoms with E-state index in [1.54, 1.807) is 0 Å². The summed E-state index contributed by atoms with van der Waals surface area (Å²) in [5.74, 6) is -0.0433. The Morgan fingerprint density at radius 2 is 0.647 bits per heavy atom. The van der Waals surface area contributed by atoms with Crippen molar-refractivity contribution in [2.24, 2.45) is 5.92 Å². The fraction of sp³-hybridized carbons (Fsp3) is 0.933. The van der Waals surface area contributed by atoms with Gasteiger partial charge in [-0.25, -0.2) is 0 Å². The quantitative estimate of drug-likeness (QED) is 0.0356. The molecule has 1 atom stereocenters. The van der Waals surface area contributed by atoms with Crippen LogP contribution in [-0.4, -0.2) is 37.2 Å². The van der Waals surface area contributed by atoms with Crippen molar-refractivity contribution in [3.8, 4) is 0 Å². The van der Waals surface area contributed by atoms with Crippen LogP contribution in [0.15, 0.2) is 0 Å². The van der Waals surface area contributed by atoms with Gasteiger partial charge in [-0.3, -0.25) is 14.4 Å². The van der Waals surface area contributed by atoms with Gasteiger partial charge < -0.3 is 14.2 Å². The van der Waals surface area contributed by atoms with Crippen LogP contribution in [0.3, 0.4) is 0 Å². The van der Waals surface area contributed by atoms with E-state index >= 15 is 0 Å². The van der Waals surface area contributed by atoms with Crippen LogP contribution in [0, 0.1) is 5.92 Å². The SMILES string of the molecule is CCCCCCCCCCCCCCCC(=O)OC[C@H](COC(=O)CCCCCCCCCCCCC(C)C)OC(=O)CCCCCCCCC. The van der Waals surface area contributed by atoms with Gasteiger partial charge in [-0.05, 0) is 25.2 Å². The summed E-state index contributed by atoms with van der Waals surface area (Å²) in [7, 11) is 0. The highest BCUT2D eigenvalue weighted by Gasteiger charge is 2.19. The zero-order valence-corrected chi connectivity index (χ0v) is 34.6. The lowest BCUT2D eigenvalue weighted by Crippen LogP contribution is -2.30. The number of hydrogen-bond acceptors (Lipinski definition) is 6. The molecule has 0 amide bonds. The van der Waals surface area contributed by atoms with Crippen molar-refractivity contribution < 1.29 is 28.6 Å². The third-order valence-electron chi connectivity index (χ3n) is 10.0. The molecule has 6 nitrogen and oxygen atoms in total. The molecular formula is C45H86O6. The Labute approximate surface area is 317 Å². The fourth-order valence-corrected chi connectivity index (χ4v) is 6.63. The zero-order valence-electron chi connectivity index (χ0n) is 34.6. The molecule has 0 aromatic carbocycles. The minimum Gasteiger partial charge on any atom is -0.462 e. The molecule has 0 fully saturated rings. The normalized spacial score (nSPS) is 11.9. The van der Waals surface area contributed by atoms with E-state index in [9.17, 15) is 14.4 Å². The van der Waals surface area contributed by atoms with Crippen LogP contribution in [0.1, 0.15) is 246 Å². The topological polar surface area (TPSA) is 78.9 Å². The second-order valence-electron chi connectivity index (χ2n) is 15.8. The maximum atomic E-state index is 12.6. The Balaban J connectivity index is 4.24. The van der Waals surface area contributed by atoms with Gasteiger partial charge in [0, 0.05) is 19.3 Å². The Morgan fingerprint density at radius 1 is 0.373 bits per heavy atom. The Morgan fingerprint density at radius 3 is 0.961 bits per heavy atom. The first-order valence-electron chi connectivity index (χ1n) is 22.4. The molecule has 0 aliphatic carbocycles. The first kappa shape index (κ1) is 49.4. The summed E-state index contributed by atoms with van der Waals surface area (Å²) in [5, 5.41) is 0. The molecule has 0 N–H and O–H groups in total. The number of unbranched alkanes of at least 4 members (excludes halogenated alkanes) is 27. The Bertz CT molecular complexity index is 766. The predicted octanol–water partition coefficient (Wildman–Crippen LogP) is 13.9. The number of rotatable bonds is 40. The first-order valence-corrected chi connectivity index (χ1v) is 22.4. The van der Waals surface area contributed by atoms with Crippen molar-refractivity contribution in [2.45, 2.75) is 252 Å². The maximum absolute atomic E-state index is 12.6. The third-order valence-corrected chi connectivity index (χ3v) is 10.0. The molecule has 0 rings (SSSR count). The lowest BCUT2D eigenvalue weighted by Gasteiger charge is -2.18. The van der Waals surface area contributed by atoms with E-state index in [0.29, 0.717) is 19.3 Å². The van der Waals surface area contributed by atoms with Crippen molar-refractivity contribution in [1.82, 2.24) is 0 Å². The van der Waals surface area contributed by atoms with Gasteiger partial charge in [0.05, 0.1) is 0 Å². The standard InChI is InChI=1S/C45H86O6/c1-5-7-9-11-13-14-15-16-17-21-25-28-32-36-43(46)49-39-42(51-45(48)38-34-30-23-12-10-8-6-2)40-50-44(47)37-33-29-26-22-19-18-20-24-27-31-35-41(3)4/h41-42H,5-40H2,1-4H3/t42-/m1/s1. The summed E-state index contributed by atoms with van der Waals surface area (Å²) in [5.41, 5.74) is 0. The van der Waals surface area contributed by atoms with Crippen LogP contribution < -0.4 is 0 Å². The summed E-state index contributed by atoms with van der Waals surface area (Å²) < 4.78 is 16.6. The number of esters is 3. The van der Waals surface area contributed by atoms with Gasteiger partial charge in [0.15, 0.2) is 6.10 Å². The van der Waals surface area contributed by atoms with Crippen LogP contribution in [0.25, 0.3) is 0 Å². The molecule has 6 heteroatoms. The maximum Gasteiger partial charge on any atom is 0.306 e. The van der Waals surface area contributed by atoms with Gasteiger partial charge in [0.1, 0.15) is 13.2 Å². The van der Waals surface area contributed by atoms with Crippen molar-refractivity contribution in [3.63, 3.8) is 0 Å². The average molecular weight is 723 g/mol. The summed E-state index contributed by atoms with van der Waals surface area (Å²) in [4.78, 5) is 37.5. The molecule has 51 heavy (non-hydrogen) atoms. The number of ether oxygens (including phenoxy) is 3. The highest BCUT2D eigenvalue weighted by atomic mass is 16.6. The van der Waals surface area contributed by atoms with E-state index in [4.69, 9.17) is 14.2 Å². The number of carbonyl (C=O) groups excluding carboxylic acids is 3. The minimum absolute atomic E-state index is 0.0644. The van der Waals surface area contributed by atoms with Gasteiger partial charge in [-0.15, -0.1) is 0 Å². The van der Waals surface area contributed by atoms with E-state index in [0.717, 1.165) is 63.7 Å². The third kappa shape index (κ3) is 39.5. The fourth-order valence-electron chi connectivity index (χ4n) is 6.63. The van der Waals surface area contributed by atoms with E-state index < -0.39 is 6.10 Å². The van der Waals surface area contributed by atoms with Gasteiger partial charge in [0.2, 0.25) is 0 Å². The highest BCUT2D eigenvalue weighted by molar-refractivity contribution is 5.71. The molecule has 0 heterocycles. The van der Waals surface area contributed by atoms with Crippen LogP contribution >= 0.6 is 0 Å². The summed E-state index contributed by atoms with van der Waals surface area (Å²) in [6.07, 6.45) is 38.1. The molecule has 0 aliphatic rings. The lowest BCUT2D eigenvalue weighted by atomic mass is 10.0. The molecule has 0 aliphatic heterocycles. The van der Waals surface area contributed by atoms with Crippen molar-refractivity contribution >= 4 is 17.9 Å². The molecule has 0 spiro atoms. The molecular weight excluding hydrogens is 636 g/mol. The van der Waals surface area contributed by atoms with Crippen LogP contribution in [0.4, 0.5) is 0 Å². The molecule has 0 unspecified atom stereocenters. The average Bonchev–Trinajstić information content (AvgIpc) is 3.11. The van der Waals surface area contributed by atoms with Crippen LogP contribution in [0.2, 0.25) is 0 Å². The summed E-state index contributed by atoms with van der Waals surface area (Å²) in [6.45, 7) is 8.94. The number of hydrogen-bond donors (Lipinski definition) is 0. The molecule has 0 saturated carbocycles. The van der Waals surface area contributed by atoms with Crippen LogP contribution in [0.5, 0.6) is 0 Å². The molecule has 0 saturated heterocycles. The minimum atomic E-state index is -0.757. The van der Waals surface area contributed by atoms with Gasteiger partial charge >= 0.3 is 17.9 Å². The molecule has 0 aromatic heterocycles. The molecule has 0 radical (unpaired) electrons. The monoisotopic (exact) mass is 723 g/mol. The molecule has 0 aromatic rings. The van der Waals surface area contributed by atoms with E-state index in [1.165, 1.54) is 141 Å². The van der Waals surface area contributed by atoms with E-state index in [-0.39, 0.29) is 31.1 Å². The second-order valence-corrected chi connectivity index (χ2v) is 15.8. The van der Waals surface area contributed by atoms with Crippen LogP contribution in [-0.2, 0) is 28.6 Å². The first-order chi connectivity index (χ1) is 24.9. The smallest absolute Gasteiger partial charge is 0.306 e. The Kier molecular flexibility index (Phi) is 38.4. The Hall–Kier alpha value is -1.59. The van der Waals surface area contributed by atoms with Gasteiger partial charge in [-0.1, -0.05) is 207 Å². The van der Waals surface area contributed by atoms with Gasteiger partial charge in [0.25, 0.3) is 0 Å². The van der Waals surface area contributed by atoms with E-state index in [2.05, 4.69) is 27.7 Å². The molecule has 302 valence electrons. The van der Waals surface area contributed by atoms with Gasteiger partial charge in [-0.2, -0.15) is 0 Å². The van der Waals surface area contributed by atoms with E-state index in [1.807, 2.05) is 0 Å². The molecule has 0 bridgehead atoms. The predicted molar refractivity (Wildman–Crippen MR) is 215 cm³/mol. The lowest BCUT2D eigenvalue weighted by molar-refractivity contribution is -0.167. The highest BCUT2D eigenvalue weighted by Crippen LogP contribution is 2.16. The second kappa shape index (κ2) is 39.6. The van der Waals surface area contributed by atoms with Crippen molar-refractivity contribution in [1.29, 1.82) is 0 Å². The largest absolute Gasteiger partial charge is 0.462 e. The van der Waals surface area contributed by atoms with Crippen molar-refractivity contribution in [2.75, 3.05) is 13.2 Å². The summed E-state index contributed by atoms with van der Waals surface area (Å²) in [6, 6.07) is 0.